The largest absolute Gasteiger partial charge is 0.481 e. The highest BCUT2D eigenvalue weighted by Gasteiger charge is 2.43. The molecular weight excluding hydrogens is 234 g/mol. The first-order valence-corrected chi connectivity index (χ1v) is 6.37. The summed E-state index contributed by atoms with van der Waals surface area (Å²) in [6.07, 6.45) is 3.06. The molecule has 2 N–H and O–H groups in total. The standard InChI is InChI=1S/C13H23NO4/c1-12(2,18-3)9-14-10(15)8-13(11(16)17)6-4-5-7-13/h4-9H2,1-3H3,(H,14,15)(H,16,17). The van der Waals surface area contributed by atoms with Gasteiger partial charge in [-0.2, -0.15) is 0 Å². The van der Waals surface area contributed by atoms with Crippen LogP contribution in [0.2, 0.25) is 0 Å². The minimum absolute atomic E-state index is 0.0716. The Bertz CT molecular complexity index is 319. The number of carboxylic acids is 1. The second-order valence-electron chi connectivity index (χ2n) is 5.71. The molecule has 5 heteroatoms. The van der Waals surface area contributed by atoms with E-state index in [1.807, 2.05) is 13.8 Å². The number of rotatable bonds is 6. The maximum absolute atomic E-state index is 11.8. The smallest absolute Gasteiger partial charge is 0.310 e. The van der Waals surface area contributed by atoms with E-state index in [-0.39, 0.29) is 12.3 Å². The van der Waals surface area contributed by atoms with Crippen LogP contribution in [0.4, 0.5) is 0 Å². The van der Waals surface area contributed by atoms with E-state index in [0.29, 0.717) is 19.4 Å². The first-order valence-electron chi connectivity index (χ1n) is 6.37. The van der Waals surface area contributed by atoms with Gasteiger partial charge in [0.2, 0.25) is 5.91 Å². The van der Waals surface area contributed by atoms with Gasteiger partial charge >= 0.3 is 5.97 Å². The molecule has 1 fully saturated rings. The van der Waals surface area contributed by atoms with Crippen molar-refractivity contribution in [3.05, 3.63) is 0 Å². The highest BCUT2D eigenvalue weighted by molar-refractivity contribution is 5.85. The molecule has 18 heavy (non-hydrogen) atoms. The summed E-state index contributed by atoms with van der Waals surface area (Å²) in [5, 5.41) is 12.0. The van der Waals surface area contributed by atoms with Crippen LogP contribution in [0.25, 0.3) is 0 Å². The zero-order valence-electron chi connectivity index (χ0n) is 11.4. The van der Waals surface area contributed by atoms with Gasteiger partial charge in [-0.15, -0.1) is 0 Å². The molecule has 1 saturated carbocycles. The summed E-state index contributed by atoms with van der Waals surface area (Å²) >= 11 is 0. The monoisotopic (exact) mass is 257 g/mol. The molecule has 1 rings (SSSR count). The van der Waals surface area contributed by atoms with Gasteiger partial charge in [0.25, 0.3) is 0 Å². The summed E-state index contributed by atoms with van der Waals surface area (Å²) in [5.74, 6) is -1.05. The molecule has 104 valence electrons. The van der Waals surface area contributed by atoms with Crippen LogP contribution in [-0.2, 0) is 14.3 Å². The number of carboxylic acid groups (broad SMARTS) is 1. The second kappa shape index (κ2) is 5.69. The van der Waals surface area contributed by atoms with Gasteiger partial charge in [-0.3, -0.25) is 9.59 Å². The van der Waals surface area contributed by atoms with Crippen molar-refractivity contribution in [2.75, 3.05) is 13.7 Å². The Balaban J connectivity index is 2.51. The number of nitrogens with one attached hydrogen (secondary N) is 1. The van der Waals surface area contributed by atoms with Crippen LogP contribution in [0.1, 0.15) is 46.0 Å². The maximum atomic E-state index is 11.8. The van der Waals surface area contributed by atoms with Crippen LogP contribution in [0, 0.1) is 5.41 Å². The molecule has 1 aliphatic rings. The lowest BCUT2D eigenvalue weighted by Crippen LogP contribution is -2.42. The Kier molecular flexibility index (Phi) is 4.73. The van der Waals surface area contributed by atoms with Gasteiger partial charge in [-0.25, -0.2) is 0 Å². The molecule has 0 aromatic heterocycles. The molecule has 0 heterocycles. The van der Waals surface area contributed by atoms with Crippen molar-refractivity contribution in [2.24, 2.45) is 5.41 Å². The summed E-state index contributed by atoms with van der Waals surface area (Å²) in [4.78, 5) is 23.2. The van der Waals surface area contributed by atoms with Gasteiger partial charge in [-0.1, -0.05) is 12.8 Å². The Morgan fingerprint density at radius 2 is 1.89 bits per heavy atom. The fourth-order valence-electron chi connectivity index (χ4n) is 2.27. The van der Waals surface area contributed by atoms with Gasteiger partial charge in [0.1, 0.15) is 0 Å². The Labute approximate surface area is 108 Å². The van der Waals surface area contributed by atoms with Gasteiger partial charge in [-0.05, 0) is 26.7 Å². The van der Waals surface area contributed by atoms with E-state index in [2.05, 4.69) is 5.32 Å². The Morgan fingerprint density at radius 3 is 2.33 bits per heavy atom. The summed E-state index contributed by atoms with van der Waals surface area (Å²) < 4.78 is 5.20. The zero-order chi connectivity index (χ0) is 13.8. The SMILES string of the molecule is COC(C)(C)CNC(=O)CC1(C(=O)O)CCCC1. The van der Waals surface area contributed by atoms with E-state index >= 15 is 0 Å². The second-order valence-corrected chi connectivity index (χ2v) is 5.71. The lowest BCUT2D eigenvalue weighted by Gasteiger charge is -2.26. The van der Waals surface area contributed by atoms with Crippen LogP contribution < -0.4 is 5.32 Å². The zero-order valence-corrected chi connectivity index (χ0v) is 11.4. The quantitative estimate of drug-likeness (QED) is 0.757. The molecule has 0 aromatic carbocycles. The van der Waals surface area contributed by atoms with Gasteiger partial charge in [0, 0.05) is 20.1 Å². The topological polar surface area (TPSA) is 75.6 Å². The third-order valence-corrected chi connectivity index (χ3v) is 3.78. The van der Waals surface area contributed by atoms with E-state index in [0.717, 1.165) is 12.8 Å². The number of amides is 1. The average molecular weight is 257 g/mol. The van der Waals surface area contributed by atoms with Crippen LogP contribution in [0.15, 0.2) is 0 Å². The van der Waals surface area contributed by atoms with Crippen molar-refractivity contribution in [3.8, 4) is 0 Å². The van der Waals surface area contributed by atoms with E-state index in [9.17, 15) is 14.7 Å². The maximum Gasteiger partial charge on any atom is 0.310 e. The molecule has 1 aliphatic carbocycles. The predicted molar refractivity (Wildman–Crippen MR) is 67.3 cm³/mol. The van der Waals surface area contributed by atoms with E-state index in [1.165, 1.54) is 0 Å². The van der Waals surface area contributed by atoms with Crippen molar-refractivity contribution in [1.29, 1.82) is 0 Å². The number of carbonyl (C=O) groups excluding carboxylic acids is 1. The van der Waals surface area contributed by atoms with Crippen molar-refractivity contribution in [1.82, 2.24) is 5.32 Å². The number of ether oxygens (including phenoxy) is 1. The summed E-state index contributed by atoms with van der Waals surface area (Å²) in [6.45, 7) is 4.13. The number of aliphatic carboxylic acids is 1. The van der Waals surface area contributed by atoms with Crippen molar-refractivity contribution < 1.29 is 19.4 Å². The van der Waals surface area contributed by atoms with Crippen LogP contribution in [0.3, 0.4) is 0 Å². The van der Waals surface area contributed by atoms with Crippen LogP contribution >= 0.6 is 0 Å². The van der Waals surface area contributed by atoms with Crippen LogP contribution in [-0.4, -0.2) is 36.2 Å². The molecule has 5 nitrogen and oxygen atoms in total. The number of carbonyl (C=O) groups is 2. The van der Waals surface area contributed by atoms with Crippen molar-refractivity contribution in [3.63, 3.8) is 0 Å². The molecule has 0 saturated heterocycles. The predicted octanol–water partition coefficient (Wildman–Crippen LogP) is 1.56. The Morgan fingerprint density at radius 1 is 1.33 bits per heavy atom. The minimum Gasteiger partial charge on any atom is -0.481 e. The van der Waals surface area contributed by atoms with Crippen molar-refractivity contribution >= 4 is 11.9 Å². The van der Waals surface area contributed by atoms with E-state index in [1.54, 1.807) is 7.11 Å². The fourth-order valence-corrected chi connectivity index (χ4v) is 2.27. The van der Waals surface area contributed by atoms with E-state index < -0.39 is 17.0 Å². The highest BCUT2D eigenvalue weighted by atomic mass is 16.5. The molecule has 0 bridgehead atoms. The molecule has 0 unspecified atom stereocenters. The average Bonchev–Trinajstić information content (AvgIpc) is 2.76. The summed E-state index contributed by atoms with van der Waals surface area (Å²) in [6, 6.07) is 0. The van der Waals surface area contributed by atoms with Gasteiger partial charge in [0.05, 0.1) is 11.0 Å². The molecule has 0 aromatic rings. The number of hydrogen-bond donors (Lipinski definition) is 2. The lowest BCUT2D eigenvalue weighted by molar-refractivity contribution is -0.151. The minimum atomic E-state index is -0.846. The van der Waals surface area contributed by atoms with Crippen LogP contribution in [0.5, 0.6) is 0 Å². The normalized spacial score (nSPS) is 18.6. The fraction of sp³-hybridized carbons (Fsp3) is 0.846. The molecule has 0 aliphatic heterocycles. The number of methoxy groups -OCH3 is 1. The first kappa shape index (κ1) is 15.0. The van der Waals surface area contributed by atoms with Crippen molar-refractivity contribution in [2.45, 2.75) is 51.6 Å². The number of hydrogen-bond acceptors (Lipinski definition) is 3. The molecular formula is C13H23NO4. The van der Waals surface area contributed by atoms with Gasteiger partial charge in [0.15, 0.2) is 0 Å². The molecule has 0 radical (unpaired) electrons. The van der Waals surface area contributed by atoms with Gasteiger partial charge < -0.3 is 15.2 Å². The molecule has 1 amide bonds. The Hall–Kier alpha value is -1.10. The first-order chi connectivity index (χ1) is 8.31. The lowest BCUT2D eigenvalue weighted by atomic mass is 9.82. The molecule has 0 atom stereocenters. The third-order valence-electron chi connectivity index (χ3n) is 3.78. The summed E-state index contributed by atoms with van der Waals surface area (Å²) in [5.41, 5.74) is -1.27. The van der Waals surface area contributed by atoms with E-state index in [4.69, 9.17) is 4.74 Å². The summed E-state index contributed by atoms with van der Waals surface area (Å²) in [7, 11) is 1.59. The highest BCUT2D eigenvalue weighted by Crippen LogP contribution is 2.41. The molecule has 0 spiro atoms. The third kappa shape index (κ3) is 3.70.